The summed E-state index contributed by atoms with van der Waals surface area (Å²) in [6.07, 6.45) is 8.59. The molecule has 1 saturated carbocycles. The first-order valence-electron chi connectivity index (χ1n) is 5.02. The average molecular weight is 176 g/mol. The highest BCUT2D eigenvalue weighted by Crippen LogP contribution is 2.31. The van der Waals surface area contributed by atoms with E-state index < -0.39 is 0 Å². The van der Waals surface area contributed by atoms with Crippen LogP contribution in [-0.2, 0) is 0 Å². The highest BCUT2D eigenvalue weighted by Gasteiger charge is 2.19. The molecule has 1 aliphatic carbocycles. The molecule has 0 unspecified atom stereocenters. The second-order valence-electron chi connectivity index (χ2n) is 3.89. The van der Waals surface area contributed by atoms with Crippen molar-refractivity contribution in [2.45, 2.75) is 37.6 Å². The third kappa shape index (κ3) is 2.07. The van der Waals surface area contributed by atoms with Crippen LogP contribution in [0.25, 0.3) is 0 Å². The van der Waals surface area contributed by atoms with Crippen molar-refractivity contribution in [3.63, 3.8) is 0 Å². The Kier molecular flexibility index (Phi) is 2.60. The maximum Gasteiger partial charge on any atom is 0.0270 e. The summed E-state index contributed by atoms with van der Waals surface area (Å²) < 4.78 is 0. The van der Waals surface area contributed by atoms with Gasteiger partial charge in [-0.25, -0.2) is 0 Å². The summed E-state index contributed by atoms with van der Waals surface area (Å²) in [6, 6.07) is 4.70. The van der Waals surface area contributed by atoms with Crippen LogP contribution in [0.4, 0.5) is 0 Å². The van der Waals surface area contributed by atoms with Crippen LogP contribution in [0.5, 0.6) is 0 Å². The first kappa shape index (κ1) is 8.70. The van der Waals surface area contributed by atoms with Crippen LogP contribution in [0.15, 0.2) is 24.5 Å². The first-order chi connectivity index (χ1) is 6.36. The van der Waals surface area contributed by atoms with Gasteiger partial charge in [-0.3, -0.25) is 4.98 Å². The van der Waals surface area contributed by atoms with Gasteiger partial charge in [0.25, 0.3) is 0 Å². The number of nitrogens with two attached hydrogens (primary N) is 1. The normalized spacial score (nSPS) is 28.7. The predicted molar refractivity (Wildman–Crippen MR) is 53.4 cm³/mol. The van der Waals surface area contributed by atoms with Gasteiger partial charge in [0.2, 0.25) is 0 Å². The standard InChI is InChI=1S/C11H16N2/c12-11-3-1-9(2-4-11)10-5-7-13-8-6-10/h5-9,11H,1-4,12H2. The molecule has 1 heterocycles. The molecular formula is C11H16N2. The van der Waals surface area contributed by atoms with Crippen LogP contribution in [0.2, 0.25) is 0 Å². The molecule has 0 spiro atoms. The van der Waals surface area contributed by atoms with Gasteiger partial charge < -0.3 is 5.73 Å². The lowest BCUT2D eigenvalue weighted by molar-refractivity contribution is 0.395. The second kappa shape index (κ2) is 3.88. The topological polar surface area (TPSA) is 38.9 Å². The molecule has 0 bridgehead atoms. The van der Waals surface area contributed by atoms with Gasteiger partial charge in [-0.15, -0.1) is 0 Å². The Morgan fingerprint density at radius 2 is 1.69 bits per heavy atom. The third-order valence-electron chi connectivity index (χ3n) is 2.95. The van der Waals surface area contributed by atoms with Gasteiger partial charge in [-0.1, -0.05) is 0 Å². The van der Waals surface area contributed by atoms with Crippen molar-refractivity contribution in [2.75, 3.05) is 0 Å². The molecule has 2 N–H and O–H groups in total. The van der Waals surface area contributed by atoms with Crippen molar-refractivity contribution in [1.82, 2.24) is 4.98 Å². The number of hydrogen-bond acceptors (Lipinski definition) is 2. The van der Waals surface area contributed by atoms with Crippen LogP contribution >= 0.6 is 0 Å². The molecule has 1 aliphatic rings. The Hall–Kier alpha value is -0.890. The summed E-state index contributed by atoms with van der Waals surface area (Å²) >= 11 is 0. The van der Waals surface area contributed by atoms with Crippen LogP contribution in [-0.4, -0.2) is 11.0 Å². The highest BCUT2D eigenvalue weighted by atomic mass is 14.6. The molecule has 1 fully saturated rings. The largest absolute Gasteiger partial charge is 0.328 e. The molecule has 70 valence electrons. The van der Waals surface area contributed by atoms with E-state index in [0.29, 0.717) is 6.04 Å². The minimum Gasteiger partial charge on any atom is -0.328 e. The summed E-state index contributed by atoms with van der Waals surface area (Å²) in [6.45, 7) is 0. The van der Waals surface area contributed by atoms with Crippen LogP contribution in [0.1, 0.15) is 37.2 Å². The molecule has 0 atom stereocenters. The minimum atomic E-state index is 0.443. The SMILES string of the molecule is NC1CCC(c2ccncc2)CC1. The van der Waals surface area contributed by atoms with Gasteiger partial charge in [-0.05, 0) is 49.3 Å². The van der Waals surface area contributed by atoms with Crippen LogP contribution < -0.4 is 5.73 Å². The molecule has 0 saturated heterocycles. The maximum atomic E-state index is 5.86. The lowest BCUT2D eigenvalue weighted by Crippen LogP contribution is -2.25. The highest BCUT2D eigenvalue weighted by molar-refractivity contribution is 5.16. The predicted octanol–water partition coefficient (Wildman–Crippen LogP) is 2.07. The molecule has 2 rings (SSSR count). The van der Waals surface area contributed by atoms with E-state index in [9.17, 15) is 0 Å². The first-order valence-corrected chi connectivity index (χ1v) is 5.02. The Bertz CT molecular complexity index is 250. The van der Waals surface area contributed by atoms with Crippen LogP contribution in [0.3, 0.4) is 0 Å². The van der Waals surface area contributed by atoms with Gasteiger partial charge >= 0.3 is 0 Å². The van der Waals surface area contributed by atoms with E-state index in [-0.39, 0.29) is 0 Å². The summed E-state index contributed by atoms with van der Waals surface area (Å²) in [5, 5.41) is 0. The molecule has 2 nitrogen and oxygen atoms in total. The van der Waals surface area contributed by atoms with Crippen molar-refractivity contribution in [3.8, 4) is 0 Å². The van der Waals surface area contributed by atoms with Gasteiger partial charge in [0.15, 0.2) is 0 Å². The summed E-state index contributed by atoms with van der Waals surface area (Å²) in [4.78, 5) is 4.03. The van der Waals surface area contributed by atoms with Crippen molar-refractivity contribution >= 4 is 0 Å². The van der Waals surface area contributed by atoms with Crippen molar-refractivity contribution in [2.24, 2.45) is 5.73 Å². The number of nitrogens with zero attached hydrogens (tertiary/aromatic N) is 1. The summed E-state index contributed by atoms with van der Waals surface area (Å²) in [5.41, 5.74) is 7.29. The molecular weight excluding hydrogens is 160 g/mol. The average Bonchev–Trinajstić information content (AvgIpc) is 2.20. The molecule has 1 aromatic rings. The fourth-order valence-electron chi connectivity index (χ4n) is 2.09. The molecule has 0 aliphatic heterocycles. The molecule has 0 radical (unpaired) electrons. The molecule has 0 aromatic carbocycles. The molecule has 0 amide bonds. The Morgan fingerprint density at radius 3 is 2.31 bits per heavy atom. The van der Waals surface area contributed by atoms with Crippen molar-refractivity contribution in [3.05, 3.63) is 30.1 Å². The molecule has 2 heteroatoms. The number of pyridine rings is 1. The van der Waals surface area contributed by atoms with E-state index in [4.69, 9.17) is 5.73 Å². The summed E-state index contributed by atoms with van der Waals surface area (Å²) in [5.74, 6) is 0.725. The van der Waals surface area contributed by atoms with Crippen LogP contribution in [0, 0.1) is 0 Å². The lowest BCUT2D eigenvalue weighted by Gasteiger charge is -2.26. The Morgan fingerprint density at radius 1 is 1.08 bits per heavy atom. The van der Waals surface area contributed by atoms with Gasteiger partial charge in [0, 0.05) is 18.4 Å². The fourth-order valence-corrected chi connectivity index (χ4v) is 2.09. The zero-order valence-corrected chi connectivity index (χ0v) is 7.82. The van der Waals surface area contributed by atoms with Crippen molar-refractivity contribution in [1.29, 1.82) is 0 Å². The van der Waals surface area contributed by atoms with Gasteiger partial charge in [0.1, 0.15) is 0 Å². The van der Waals surface area contributed by atoms with Gasteiger partial charge in [-0.2, -0.15) is 0 Å². The summed E-state index contributed by atoms with van der Waals surface area (Å²) in [7, 11) is 0. The van der Waals surface area contributed by atoms with Gasteiger partial charge in [0.05, 0.1) is 0 Å². The lowest BCUT2D eigenvalue weighted by atomic mass is 9.82. The van der Waals surface area contributed by atoms with E-state index >= 15 is 0 Å². The Labute approximate surface area is 79.2 Å². The number of hydrogen-bond donors (Lipinski definition) is 1. The third-order valence-corrected chi connectivity index (χ3v) is 2.95. The smallest absolute Gasteiger partial charge is 0.0270 e. The molecule has 1 aromatic heterocycles. The zero-order valence-electron chi connectivity index (χ0n) is 7.82. The maximum absolute atomic E-state index is 5.86. The fraction of sp³-hybridized carbons (Fsp3) is 0.545. The second-order valence-corrected chi connectivity index (χ2v) is 3.89. The van der Waals surface area contributed by atoms with E-state index in [1.54, 1.807) is 0 Å². The number of aromatic nitrogens is 1. The monoisotopic (exact) mass is 176 g/mol. The van der Waals surface area contributed by atoms with E-state index in [1.807, 2.05) is 12.4 Å². The van der Waals surface area contributed by atoms with E-state index in [1.165, 1.54) is 31.2 Å². The quantitative estimate of drug-likeness (QED) is 0.711. The number of rotatable bonds is 1. The Balaban J connectivity index is 2.03. The zero-order chi connectivity index (χ0) is 9.10. The van der Waals surface area contributed by atoms with Crippen molar-refractivity contribution < 1.29 is 0 Å². The minimum absolute atomic E-state index is 0.443. The van der Waals surface area contributed by atoms with E-state index in [0.717, 1.165) is 5.92 Å². The molecule has 13 heavy (non-hydrogen) atoms. The van der Waals surface area contributed by atoms with E-state index in [2.05, 4.69) is 17.1 Å².